The third kappa shape index (κ3) is 4.84. The van der Waals surface area contributed by atoms with Crippen molar-refractivity contribution in [3.05, 3.63) is 84.1 Å². The fourth-order valence-electron chi connectivity index (χ4n) is 4.43. The molecule has 5 rings (SSSR count). The Labute approximate surface area is 220 Å². The Bertz CT molecular complexity index is 1630. The molecule has 0 bridgehead atoms. The van der Waals surface area contributed by atoms with Gasteiger partial charge >= 0.3 is 0 Å². The van der Waals surface area contributed by atoms with Gasteiger partial charge in [-0.3, -0.25) is 4.79 Å². The highest BCUT2D eigenvalue weighted by Gasteiger charge is 2.19. The summed E-state index contributed by atoms with van der Waals surface area (Å²) in [5, 5.41) is 5.00. The first kappa shape index (κ1) is 24.7. The normalized spacial score (nSPS) is 11.2. The summed E-state index contributed by atoms with van der Waals surface area (Å²) in [6.07, 6.45) is 3.24. The number of rotatable bonds is 8. The van der Waals surface area contributed by atoms with Crippen LogP contribution in [0.1, 0.15) is 11.3 Å². The number of methoxy groups -OCH3 is 3. The van der Waals surface area contributed by atoms with Gasteiger partial charge in [-0.05, 0) is 48.0 Å². The summed E-state index contributed by atoms with van der Waals surface area (Å²) in [4.78, 5) is 21.0. The van der Waals surface area contributed by atoms with E-state index < -0.39 is 0 Å². The lowest BCUT2D eigenvalue weighted by Gasteiger charge is -2.15. The third-order valence-corrected chi connectivity index (χ3v) is 6.29. The molecule has 0 saturated carbocycles. The Morgan fingerprint density at radius 3 is 2.34 bits per heavy atom. The number of H-pyrrole nitrogens is 1. The number of anilines is 1. The van der Waals surface area contributed by atoms with Crippen LogP contribution in [0.3, 0.4) is 0 Å². The number of amides is 1. The number of nitrogen functional groups attached to an aromatic ring is 1. The molecular formula is C30H28N4O4. The SMILES string of the molecule is COc1cc(-c2nc(CNC(=O)/C=C/c3ccc(N)cc3)cc3c2[nH]c2ccccc23)cc(OC)c1OC. The number of carbonyl (C=O) groups is 1. The maximum Gasteiger partial charge on any atom is 0.244 e. The molecule has 0 aliphatic carbocycles. The number of hydrogen-bond acceptors (Lipinski definition) is 6. The van der Waals surface area contributed by atoms with Crippen LogP contribution >= 0.6 is 0 Å². The fraction of sp³-hybridized carbons (Fsp3) is 0.133. The predicted octanol–water partition coefficient (Wildman–Crippen LogP) is 5.32. The second-order valence-electron chi connectivity index (χ2n) is 8.69. The van der Waals surface area contributed by atoms with Gasteiger partial charge in [0.05, 0.1) is 44.8 Å². The molecule has 0 spiro atoms. The zero-order chi connectivity index (χ0) is 26.6. The Morgan fingerprint density at radius 1 is 0.947 bits per heavy atom. The standard InChI is InChI=1S/C30H28N4O4/c1-36-25-14-19(15-26(37-2)30(25)38-3)28-29-23(22-6-4-5-7-24(22)34-29)16-21(33-28)17-32-27(35)13-10-18-8-11-20(31)12-9-18/h4-16,34H,17,31H2,1-3H3,(H,32,35)/b13-10+. The number of hydrogen-bond donors (Lipinski definition) is 3. The molecule has 0 unspecified atom stereocenters. The van der Waals surface area contributed by atoms with Crippen LogP contribution in [0.2, 0.25) is 0 Å². The number of ether oxygens (including phenoxy) is 3. The number of carbonyl (C=O) groups excluding carboxylic acids is 1. The van der Waals surface area contributed by atoms with Gasteiger partial charge in [-0.1, -0.05) is 30.3 Å². The molecule has 0 radical (unpaired) electrons. The number of nitrogens with two attached hydrogens (primary N) is 1. The van der Waals surface area contributed by atoms with Crippen molar-refractivity contribution in [3.8, 4) is 28.5 Å². The fourth-order valence-corrected chi connectivity index (χ4v) is 4.43. The minimum Gasteiger partial charge on any atom is -0.493 e. The lowest BCUT2D eigenvalue weighted by Crippen LogP contribution is -2.21. The van der Waals surface area contributed by atoms with Crippen LogP contribution in [0.5, 0.6) is 17.2 Å². The smallest absolute Gasteiger partial charge is 0.244 e. The zero-order valence-corrected chi connectivity index (χ0v) is 21.4. The van der Waals surface area contributed by atoms with Gasteiger partial charge in [0.2, 0.25) is 11.7 Å². The van der Waals surface area contributed by atoms with Crippen LogP contribution in [0.25, 0.3) is 39.1 Å². The molecule has 38 heavy (non-hydrogen) atoms. The van der Waals surface area contributed by atoms with Crippen molar-refractivity contribution in [2.24, 2.45) is 0 Å². The monoisotopic (exact) mass is 508 g/mol. The average molecular weight is 509 g/mol. The summed E-state index contributed by atoms with van der Waals surface area (Å²) in [7, 11) is 4.73. The molecule has 1 amide bonds. The largest absolute Gasteiger partial charge is 0.493 e. The Balaban J connectivity index is 1.54. The quantitative estimate of drug-likeness (QED) is 0.193. The maximum atomic E-state index is 12.6. The van der Waals surface area contributed by atoms with Crippen LogP contribution in [-0.4, -0.2) is 37.2 Å². The van der Waals surface area contributed by atoms with Crippen LogP contribution in [-0.2, 0) is 11.3 Å². The van der Waals surface area contributed by atoms with Crippen LogP contribution in [0, 0.1) is 0 Å². The van der Waals surface area contributed by atoms with Crippen molar-refractivity contribution in [3.63, 3.8) is 0 Å². The van der Waals surface area contributed by atoms with Gasteiger partial charge in [0.1, 0.15) is 0 Å². The number of benzene rings is 3. The number of aromatic nitrogens is 2. The molecule has 0 saturated heterocycles. The molecular weight excluding hydrogens is 480 g/mol. The van der Waals surface area contributed by atoms with Crippen molar-refractivity contribution in [1.29, 1.82) is 0 Å². The summed E-state index contributed by atoms with van der Waals surface area (Å²) < 4.78 is 16.6. The van der Waals surface area contributed by atoms with E-state index >= 15 is 0 Å². The van der Waals surface area contributed by atoms with E-state index in [0.717, 1.165) is 32.9 Å². The number of pyridine rings is 1. The van der Waals surface area contributed by atoms with Crippen molar-refractivity contribution in [1.82, 2.24) is 15.3 Å². The molecule has 2 aromatic heterocycles. The summed E-state index contributed by atoms with van der Waals surface area (Å²) >= 11 is 0. The molecule has 4 N–H and O–H groups in total. The number of nitrogens with zero attached hydrogens (tertiary/aromatic N) is 1. The van der Waals surface area contributed by atoms with E-state index in [1.165, 1.54) is 6.08 Å². The lowest BCUT2D eigenvalue weighted by atomic mass is 10.1. The number of nitrogens with one attached hydrogen (secondary N) is 2. The number of fused-ring (bicyclic) bond motifs is 3. The lowest BCUT2D eigenvalue weighted by molar-refractivity contribution is -0.116. The summed E-state index contributed by atoms with van der Waals surface area (Å²) in [5.41, 5.74) is 11.4. The van der Waals surface area contributed by atoms with Gasteiger partial charge in [0.15, 0.2) is 11.5 Å². The highest BCUT2D eigenvalue weighted by Crippen LogP contribution is 2.42. The number of para-hydroxylation sites is 1. The van der Waals surface area contributed by atoms with E-state index in [2.05, 4.69) is 16.4 Å². The van der Waals surface area contributed by atoms with E-state index in [1.54, 1.807) is 39.5 Å². The van der Waals surface area contributed by atoms with E-state index in [0.29, 0.717) is 34.3 Å². The zero-order valence-electron chi connectivity index (χ0n) is 21.4. The molecule has 5 aromatic rings. The second kappa shape index (κ2) is 10.6. The van der Waals surface area contributed by atoms with E-state index in [4.69, 9.17) is 24.9 Å². The first-order valence-corrected chi connectivity index (χ1v) is 12.0. The highest BCUT2D eigenvalue weighted by atomic mass is 16.5. The van der Waals surface area contributed by atoms with E-state index in [9.17, 15) is 4.79 Å². The van der Waals surface area contributed by atoms with Crippen molar-refractivity contribution in [2.75, 3.05) is 27.1 Å². The molecule has 0 fully saturated rings. The van der Waals surface area contributed by atoms with E-state index in [-0.39, 0.29) is 12.5 Å². The topological polar surface area (TPSA) is 111 Å². The second-order valence-corrected chi connectivity index (χ2v) is 8.69. The molecule has 8 heteroatoms. The minimum absolute atomic E-state index is 0.225. The molecule has 2 heterocycles. The molecule has 192 valence electrons. The van der Waals surface area contributed by atoms with Gasteiger partial charge < -0.3 is 30.2 Å². The van der Waals surface area contributed by atoms with Gasteiger partial charge in [0.25, 0.3) is 0 Å². The van der Waals surface area contributed by atoms with Gasteiger partial charge in [-0.15, -0.1) is 0 Å². The summed E-state index contributed by atoms with van der Waals surface area (Å²) in [6, 6.07) is 21.1. The molecule has 8 nitrogen and oxygen atoms in total. The van der Waals surface area contributed by atoms with E-state index in [1.807, 2.05) is 48.5 Å². The summed E-state index contributed by atoms with van der Waals surface area (Å²) in [5.74, 6) is 1.33. The predicted molar refractivity (Wildman–Crippen MR) is 150 cm³/mol. The summed E-state index contributed by atoms with van der Waals surface area (Å²) in [6.45, 7) is 0.248. The molecule has 3 aromatic carbocycles. The third-order valence-electron chi connectivity index (χ3n) is 6.29. The van der Waals surface area contributed by atoms with Gasteiger partial charge in [-0.2, -0.15) is 0 Å². The first-order chi connectivity index (χ1) is 18.5. The van der Waals surface area contributed by atoms with Crippen LogP contribution in [0.15, 0.2) is 72.8 Å². The Kier molecular flexibility index (Phi) is 6.86. The maximum absolute atomic E-state index is 12.6. The molecule has 0 aliphatic heterocycles. The van der Waals surface area contributed by atoms with Crippen molar-refractivity contribution < 1.29 is 19.0 Å². The van der Waals surface area contributed by atoms with Gasteiger partial charge in [0, 0.05) is 33.6 Å². The Hall–Kier alpha value is -4.98. The van der Waals surface area contributed by atoms with Crippen LogP contribution in [0.4, 0.5) is 5.69 Å². The highest BCUT2D eigenvalue weighted by molar-refractivity contribution is 6.11. The van der Waals surface area contributed by atoms with Crippen molar-refractivity contribution in [2.45, 2.75) is 6.54 Å². The average Bonchev–Trinajstić information content (AvgIpc) is 3.33. The molecule has 0 aliphatic rings. The van der Waals surface area contributed by atoms with Crippen molar-refractivity contribution >= 4 is 39.5 Å². The van der Waals surface area contributed by atoms with Gasteiger partial charge in [-0.25, -0.2) is 4.98 Å². The minimum atomic E-state index is -0.225. The Morgan fingerprint density at radius 2 is 1.66 bits per heavy atom. The van der Waals surface area contributed by atoms with Crippen LogP contribution < -0.4 is 25.3 Å². The number of aromatic amines is 1. The molecule has 0 atom stereocenters. The first-order valence-electron chi connectivity index (χ1n) is 12.0.